The molecule has 2 rings (SSSR count). The van der Waals surface area contributed by atoms with Crippen LogP contribution < -0.4 is 11.2 Å². The normalized spacial score (nSPS) is 10.6. The second-order valence-corrected chi connectivity index (χ2v) is 6.01. The highest BCUT2D eigenvalue weighted by Crippen LogP contribution is 2.23. The number of aromatic amines is 1. The summed E-state index contributed by atoms with van der Waals surface area (Å²) in [6.45, 7) is -0.118. The van der Waals surface area contributed by atoms with Gasteiger partial charge in [-0.3, -0.25) is 19.1 Å². The number of hydrogen-bond donors (Lipinski definition) is 1. The van der Waals surface area contributed by atoms with Gasteiger partial charge in [-0.15, -0.1) is 11.3 Å². The molecular formula is C10H6Br2N2O3S. The van der Waals surface area contributed by atoms with Crippen molar-refractivity contribution in [2.75, 3.05) is 0 Å². The first-order valence-corrected chi connectivity index (χ1v) is 7.21. The standard InChI is InChI=1S/C10H6Br2N2O3S/c11-5-1-2-18-8(5)7(15)4-14-3-6(12)9(16)13-10(14)17/h1-3H,4H2,(H,13,16,17). The number of ketones is 1. The Labute approximate surface area is 122 Å². The first-order chi connectivity index (χ1) is 8.49. The van der Waals surface area contributed by atoms with Crippen molar-refractivity contribution in [3.8, 4) is 0 Å². The Kier molecular flexibility index (Phi) is 3.98. The van der Waals surface area contributed by atoms with Gasteiger partial charge in [0.05, 0.1) is 15.9 Å². The summed E-state index contributed by atoms with van der Waals surface area (Å²) >= 11 is 7.57. The third-order valence-electron chi connectivity index (χ3n) is 2.15. The van der Waals surface area contributed by atoms with Gasteiger partial charge in [-0.05, 0) is 43.3 Å². The van der Waals surface area contributed by atoms with E-state index in [1.807, 2.05) is 0 Å². The molecule has 0 spiro atoms. The van der Waals surface area contributed by atoms with Gasteiger partial charge in [0.1, 0.15) is 0 Å². The van der Waals surface area contributed by atoms with E-state index in [9.17, 15) is 14.4 Å². The van der Waals surface area contributed by atoms with Gasteiger partial charge in [-0.2, -0.15) is 0 Å². The molecule has 2 heterocycles. The molecule has 0 saturated carbocycles. The van der Waals surface area contributed by atoms with Gasteiger partial charge in [0, 0.05) is 10.7 Å². The number of hydrogen-bond acceptors (Lipinski definition) is 4. The van der Waals surface area contributed by atoms with Crippen molar-refractivity contribution in [2.24, 2.45) is 0 Å². The van der Waals surface area contributed by atoms with Gasteiger partial charge in [0.15, 0.2) is 5.78 Å². The lowest BCUT2D eigenvalue weighted by atomic mass is 10.3. The molecule has 0 fully saturated rings. The Morgan fingerprint density at radius 1 is 1.33 bits per heavy atom. The molecule has 5 nitrogen and oxygen atoms in total. The van der Waals surface area contributed by atoms with Crippen LogP contribution in [0.4, 0.5) is 0 Å². The molecule has 0 aliphatic rings. The van der Waals surface area contributed by atoms with E-state index in [2.05, 4.69) is 36.8 Å². The van der Waals surface area contributed by atoms with Gasteiger partial charge < -0.3 is 0 Å². The van der Waals surface area contributed by atoms with Crippen LogP contribution >= 0.6 is 43.2 Å². The number of Topliss-reactive ketones (excluding diaryl/α,β-unsaturated/α-hetero) is 1. The predicted molar refractivity (Wildman–Crippen MR) is 75.4 cm³/mol. The van der Waals surface area contributed by atoms with E-state index in [1.165, 1.54) is 17.5 Å². The predicted octanol–water partition coefficient (Wildman–Crippen LogP) is 2.01. The number of carbonyl (C=O) groups is 1. The molecule has 1 N–H and O–H groups in total. The van der Waals surface area contributed by atoms with Crippen LogP contribution in [0.5, 0.6) is 0 Å². The van der Waals surface area contributed by atoms with Crippen molar-refractivity contribution in [1.82, 2.24) is 9.55 Å². The van der Waals surface area contributed by atoms with Gasteiger partial charge in [-0.1, -0.05) is 0 Å². The molecular weight excluding hydrogens is 388 g/mol. The Morgan fingerprint density at radius 2 is 2.06 bits per heavy atom. The number of H-pyrrole nitrogens is 1. The molecule has 94 valence electrons. The van der Waals surface area contributed by atoms with Gasteiger partial charge in [0.25, 0.3) is 5.56 Å². The van der Waals surface area contributed by atoms with E-state index in [1.54, 1.807) is 11.4 Å². The van der Waals surface area contributed by atoms with Crippen LogP contribution in [-0.2, 0) is 6.54 Å². The minimum absolute atomic E-state index is 0.118. The SMILES string of the molecule is O=C(Cn1cc(Br)c(=O)[nH]c1=O)c1sccc1Br. The smallest absolute Gasteiger partial charge is 0.292 e. The third-order valence-corrected chi connectivity index (χ3v) is 4.60. The quantitative estimate of drug-likeness (QED) is 0.810. The molecule has 0 aromatic carbocycles. The van der Waals surface area contributed by atoms with Gasteiger partial charge >= 0.3 is 5.69 Å². The topological polar surface area (TPSA) is 71.9 Å². The maximum absolute atomic E-state index is 12.0. The summed E-state index contributed by atoms with van der Waals surface area (Å²) in [6, 6.07) is 1.77. The number of carbonyl (C=O) groups excluding carboxylic acids is 1. The van der Waals surface area contributed by atoms with Crippen LogP contribution in [0.3, 0.4) is 0 Å². The molecule has 0 unspecified atom stereocenters. The molecule has 0 radical (unpaired) electrons. The van der Waals surface area contributed by atoms with Crippen molar-refractivity contribution in [3.63, 3.8) is 0 Å². The van der Waals surface area contributed by atoms with Crippen molar-refractivity contribution in [1.29, 1.82) is 0 Å². The summed E-state index contributed by atoms with van der Waals surface area (Å²) in [5.74, 6) is -0.196. The molecule has 0 amide bonds. The summed E-state index contributed by atoms with van der Waals surface area (Å²) in [5.41, 5.74) is -1.12. The Hall–Kier alpha value is -0.990. The highest BCUT2D eigenvalue weighted by molar-refractivity contribution is 9.10. The van der Waals surface area contributed by atoms with E-state index in [0.29, 0.717) is 9.35 Å². The third kappa shape index (κ3) is 2.70. The maximum Gasteiger partial charge on any atom is 0.328 e. The van der Waals surface area contributed by atoms with Gasteiger partial charge in [-0.25, -0.2) is 4.79 Å². The first kappa shape index (κ1) is 13.4. The number of rotatable bonds is 3. The van der Waals surface area contributed by atoms with Crippen molar-refractivity contribution >= 4 is 49.0 Å². The maximum atomic E-state index is 12.0. The van der Waals surface area contributed by atoms with Crippen molar-refractivity contribution in [3.05, 3.63) is 52.3 Å². The van der Waals surface area contributed by atoms with E-state index < -0.39 is 11.2 Å². The van der Waals surface area contributed by atoms with E-state index >= 15 is 0 Å². The second kappa shape index (κ2) is 5.33. The van der Waals surface area contributed by atoms with Crippen LogP contribution in [0, 0.1) is 0 Å². The van der Waals surface area contributed by atoms with Crippen LogP contribution in [0.1, 0.15) is 9.67 Å². The van der Waals surface area contributed by atoms with E-state index in [-0.39, 0.29) is 16.8 Å². The molecule has 0 atom stereocenters. The first-order valence-electron chi connectivity index (χ1n) is 4.74. The molecule has 18 heavy (non-hydrogen) atoms. The summed E-state index contributed by atoms with van der Waals surface area (Å²) in [5, 5.41) is 1.78. The summed E-state index contributed by atoms with van der Waals surface area (Å²) in [4.78, 5) is 37.3. The molecule has 0 aliphatic carbocycles. The lowest BCUT2D eigenvalue weighted by Gasteiger charge is -2.03. The molecule has 0 aliphatic heterocycles. The summed E-state index contributed by atoms with van der Waals surface area (Å²) in [6.07, 6.45) is 1.31. The Bertz CT molecular complexity index is 716. The minimum Gasteiger partial charge on any atom is -0.292 e. The zero-order valence-corrected chi connectivity index (χ0v) is 12.8. The number of halogens is 2. The fourth-order valence-corrected chi connectivity index (χ4v) is 3.19. The van der Waals surface area contributed by atoms with Crippen LogP contribution in [0.15, 0.2) is 36.2 Å². The number of aromatic nitrogens is 2. The van der Waals surface area contributed by atoms with Crippen LogP contribution in [0.25, 0.3) is 0 Å². The number of nitrogens with zero attached hydrogens (tertiary/aromatic N) is 1. The molecule has 0 saturated heterocycles. The summed E-state index contributed by atoms with van der Waals surface area (Å²) in [7, 11) is 0. The average Bonchev–Trinajstić information content (AvgIpc) is 2.72. The molecule has 2 aromatic rings. The molecule has 0 bridgehead atoms. The molecule has 2 aromatic heterocycles. The largest absolute Gasteiger partial charge is 0.328 e. The zero-order valence-electron chi connectivity index (χ0n) is 8.78. The lowest BCUT2D eigenvalue weighted by Crippen LogP contribution is -2.31. The van der Waals surface area contributed by atoms with Gasteiger partial charge in [0.2, 0.25) is 0 Å². The zero-order chi connectivity index (χ0) is 13.3. The van der Waals surface area contributed by atoms with Crippen LogP contribution in [0.2, 0.25) is 0 Å². The van der Waals surface area contributed by atoms with Crippen molar-refractivity contribution < 1.29 is 4.79 Å². The number of thiophene rings is 1. The minimum atomic E-state index is -0.607. The molecule has 8 heteroatoms. The lowest BCUT2D eigenvalue weighted by molar-refractivity contribution is 0.0973. The van der Waals surface area contributed by atoms with E-state index in [4.69, 9.17) is 0 Å². The highest BCUT2D eigenvalue weighted by atomic mass is 79.9. The Balaban J connectivity index is 2.33. The fourth-order valence-electron chi connectivity index (χ4n) is 1.32. The van der Waals surface area contributed by atoms with Crippen molar-refractivity contribution in [2.45, 2.75) is 6.54 Å². The van der Waals surface area contributed by atoms with Crippen LogP contribution in [-0.4, -0.2) is 15.3 Å². The van der Waals surface area contributed by atoms with E-state index in [0.717, 1.165) is 4.57 Å². The second-order valence-electron chi connectivity index (χ2n) is 3.39. The average molecular weight is 394 g/mol. The Morgan fingerprint density at radius 3 is 2.67 bits per heavy atom. The highest BCUT2D eigenvalue weighted by Gasteiger charge is 2.13. The fraction of sp³-hybridized carbons (Fsp3) is 0.100. The number of nitrogens with one attached hydrogen (secondary N) is 1. The summed E-state index contributed by atoms with van der Waals surface area (Å²) < 4.78 is 2.06. The monoisotopic (exact) mass is 392 g/mol.